The van der Waals surface area contributed by atoms with Gasteiger partial charge in [-0.15, -0.1) is 0 Å². The second kappa shape index (κ2) is 4.77. The van der Waals surface area contributed by atoms with Crippen molar-refractivity contribution in [2.75, 3.05) is 0 Å². The molecule has 4 heteroatoms. The molecule has 2 rings (SSSR count). The number of aromatic nitrogens is 1. The van der Waals surface area contributed by atoms with Crippen LogP contribution in [0.1, 0.15) is 5.56 Å². The third kappa shape index (κ3) is 2.58. The highest BCUT2D eigenvalue weighted by atomic mass is 35.5. The first-order chi connectivity index (χ1) is 7.75. The quantitative estimate of drug-likeness (QED) is 0.436. The van der Waals surface area contributed by atoms with Crippen LogP contribution in [-0.4, -0.2) is 5.90 Å². The van der Waals surface area contributed by atoms with Gasteiger partial charge in [-0.05, 0) is 22.8 Å². The monoisotopic (exact) mass is 232 g/mol. The lowest BCUT2D eigenvalue weighted by Crippen LogP contribution is -2.33. The maximum absolute atomic E-state index is 11.7. The lowest BCUT2D eigenvalue weighted by atomic mass is 10.2. The van der Waals surface area contributed by atoms with E-state index < -0.39 is 0 Å². The Bertz CT molecular complexity index is 494. The average Bonchev–Trinajstić information content (AvgIpc) is 2.31. The fraction of sp³-hybridized carbons (Fsp3) is 0. The summed E-state index contributed by atoms with van der Waals surface area (Å²) in [6, 6.07) is 12.1. The van der Waals surface area contributed by atoms with Gasteiger partial charge in [0.25, 0.3) is 0 Å². The summed E-state index contributed by atoms with van der Waals surface area (Å²) in [5.74, 6) is -0.298. The van der Waals surface area contributed by atoms with Crippen molar-refractivity contribution in [3.8, 4) is 0 Å². The predicted octanol–water partition coefficient (Wildman–Crippen LogP) is 1.20. The Kier molecular flexibility index (Phi) is 3.17. The van der Waals surface area contributed by atoms with E-state index in [-0.39, 0.29) is 5.90 Å². The summed E-state index contributed by atoms with van der Waals surface area (Å²) in [5.41, 5.74) is 0.515. The molecular weight excluding hydrogens is 224 g/mol. The molecule has 2 aromatic rings. The summed E-state index contributed by atoms with van der Waals surface area (Å²) >= 11 is 5.73. The van der Waals surface area contributed by atoms with Crippen LogP contribution in [0.5, 0.6) is 0 Å². The van der Waals surface area contributed by atoms with Crippen molar-refractivity contribution in [1.29, 1.82) is 0 Å². The SMILES string of the molecule is [O-]C(=N[n+]1ccccc1)c1ccc(Cl)cc1. The zero-order chi connectivity index (χ0) is 11.4. The number of halogens is 1. The lowest BCUT2D eigenvalue weighted by Gasteiger charge is -2.06. The molecule has 0 atom stereocenters. The second-order valence-electron chi connectivity index (χ2n) is 3.17. The zero-order valence-electron chi connectivity index (χ0n) is 8.38. The Morgan fingerprint density at radius 1 is 1.06 bits per heavy atom. The molecule has 0 unspecified atom stereocenters. The molecule has 0 N–H and O–H groups in total. The fourth-order valence-corrected chi connectivity index (χ4v) is 1.34. The van der Waals surface area contributed by atoms with Gasteiger partial charge in [-0.25, -0.2) is 0 Å². The lowest BCUT2D eigenvalue weighted by molar-refractivity contribution is -0.681. The van der Waals surface area contributed by atoms with E-state index in [1.165, 1.54) is 4.68 Å². The Labute approximate surface area is 98.2 Å². The molecule has 0 saturated heterocycles. The number of pyridine rings is 1. The molecule has 16 heavy (non-hydrogen) atoms. The van der Waals surface area contributed by atoms with Crippen LogP contribution in [0.15, 0.2) is 60.0 Å². The molecule has 1 heterocycles. The molecule has 0 spiro atoms. The summed E-state index contributed by atoms with van der Waals surface area (Å²) in [4.78, 5) is 0. The van der Waals surface area contributed by atoms with Crippen molar-refractivity contribution in [3.63, 3.8) is 0 Å². The van der Waals surface area contributed by atoms with Gasteiger partial charge in [0.1, 0.15) is 0 Å². The van der Waals surface area contributed by atoms with Crippen LogP contribution in [-0.2, 0) is 0 Å². The van der Waals surface area contributed by atoms with E-state index in [0.29, 0.717) is 10.6 Å². The molecule has 1 aromatic carbocycles. The van der Waals surface area contributed by atoms with Gasteiger partial charge >= 0.3 is 0 Å². The molecule has 0 radical (unpaired) electrons. The van der Waals surface area contributed by atoms with Crippen LogP contribution in [0.25, 0.3) is 0 Å². The first kappa shape index (κ1) is 10.6. The molecule has 0 amide bonds. The maximum atomic E-state index is 11.7. The van der Waals surface area contributed by atoms with Gasteiger partial charge in [-0.3, -0.25) is 0 Å². The number of hydrogen-bond donors (Lipinski definition) is 0. The van der Waals surface area contributed by atoms with Gasteiger partial charge in [0.15, 0.2) is 0 Å². The van der Waals surface area contributed by atoms with E-state index in [1.807, 2.05) is 6.07 Å². The molecule has 0 fully saturated rings. The Morgan fingerprint density at radius 2 is 1.69 bits per heavy atom. The third-order valence-corrected chi connectivity index (χ3v) is 2.25. The normalized spacial score (nSPS) is 11.4. The van der Waals surface area contributed by atoms with E-state index >= 15 is 0 Å². The largest absolute Gasteiger partial charge is 0.854 e. The molecule has 0 bridgehead atoms. The van der Waals surface area contributed by atoms with E-state index in [9.17, 15) is 5.11 Å². The molecule has 1 aromatic heterocycles. The summed E-state index contributed by atoms with van der Waals surface area (Å²) in [7, 11) is 0. The number of hydrogen-bond acceptors (Lipinski definition) is 2. The Morgan fingerprint density at radius 3 is 2.31 bits per heavy atom. The minimum atomic E-state index is -0.298. The van der Waals surface area contributed by atoms with Crippen molar-refractivity contribution in [2.45, 2.75) is 0 Å². The van der Waals surface area contributed by atoms with Crippen molar-refractivity contribution in [1.82, 2.24) is 0 Å². The second-order valence-corrected chi connectivity index (χ2v) is 3.60. The first-order valence-corrected chi connectivity index (χ1v) is 5.12. The van der Waals surface area contributed by atoms with Crippen LogP contribution in [0.2, 0.25) is 5.02 Å². The topological polar surface area (TPSA) is 39.3 Å². The summed E-state index contributed by atoms with van der Waals surface area (Å²) in [6.45, 7) is 0. The van der Waals surface area contributed by atoms with Crippen LogP contribution in [0.3, 0.4) is 0 Å². The third-order valence-electron chi connectivity index (χ3n) is 2.00. The minimum Gasteiger partial charge on any atom is -0.854 e. The average molecular weight is 233 g/mol. The molecule has 0 aliphatic carbocycles. The Hall–Kier alpha value is -1.87. The molecule has 0 aliphatic rings. The van der Waals surface area contributed by atoms with Crippen molar-refractivity contribution < 1.29 is 9.78 Å². The smallest absolute Gasteiger partial charge is 0.202 e. The van der Waals surface area contributed by atoms with Gasteiger partial charge in [-0.1, -0.05) is 34.5 Å². The number of benzene rings is 1. The Balaban J connectivity index is 2.28. The zero-order valence-corrected chi connectivity index (χ0v) is 9.13. The van der Waals surface area contributed by atoms with Gasteiger partial charge in [0.05, 0.1) is 5.90 Å². The maximum Gasteiger partial charge on any atom is 0.202 e. The van der Waals surface area contributed by atoms with E-state index in [1.54, 1.807) is 48.8 Å². The number of rotatable bonds is 2. The first-order valence-electron chi connectivity index (χ1n) is 4.74. The van der Waals surface area contributed by atoms with E-state index in [4.69, 9.17) is 11.6 Å². The van der Waals surface area contributed by atoms with Crippen LogP contribution in [0, 0.1) is 0 Å². The molecular formula is C12H9ClN2O. The molecule has 0 aliphatic heterocycles. The van der Waals surface area contributed by atoms with Gasteiger partial charge in [0.2, 0.25) is 12.4 Å². The minimum absolute atomic E-state index is 0.298. The highest BCUT2D eigenvalue weighted by Gasteiger charge is 1.97. The molecule has 0 saturated carbocycles. The highest BCUT2D eigenvalue weighted by molar-refractivity contribution is 6.30. The molecule has 80 valence electrons. The summed E-state index contributed by atoms with van der Waals surface area (Å²) < 4.78 is 1.47. The standard InChI is InChI=1S/C12H9ClN2O/c13-11-6-4-10(5-7-11)12(16)14-15-8-2-1-3-9-15/h1-9H. The fourth-order valence-electron chi connectivity index (χ4n) is 1.21. The van der Waals surface area contributed by atoms with Crippen molar-refractivity contribution >= 4 is 17.5 Å². The van der Waals surface area contributed by atoms with Crippen molar-refractivity contribution in [3.05, 3.63) is 65.4 Å². The van der Waals surface area contributed by atoms with Crippen LogP contribution >= 0.6 is 11.6 Å². The van der Waals surface area contributed by atoms with Gasteiger partial charge in [-0.2, -0.15) is 0 Å². The van der Waals surface area contributed by atoms with Crippen molar-refractivity contribution in [2.24, 2.45) is 5.10 Å². The van der Waals surface area contributed by atoms with E-state index in [0.717, 1.165) is 0 Å². The van der Waals surface area contributed by atoms with Gasteiger partial charge < -0.3 is 5.11 Å². The summed E-state index contributed by atoms with van der Waals surface area (Å²) in [6.07, 6.45) is 3.40. The van der Waals surface area contributed by atoms with E-state index in [2.05, 4.69) is 5.10 Å². The number of nitrogens with zero attached hydrogens (tertiary/aromatic N) is 2. The van der Waals surface area contributed by atoms with Crippen LogP contribution in [0.4, 0.5) is 0 Å². The van der Waals surface area contributed by atoms with Crippen LogP contribution < -0.4 is 9.78 Å². The molecule has 3 nitrogen and oxygen atoms in total. The summed E-state index contributed by atoms with van der Waals surface area (Å²) in [5, 5.41) is 16.2. The predicted molar refractivity (Wildman–Crippen MR) is 60.0 cm³/mol. The van der Waals surface area contributed by atoms with Gasteiger partial charge in [0, 0.05) is 17.2 Å². The highest BCUT2D eigenvalue weighted by Crippen LogP contribution is 2.08.